The number of hydrogen-bond acceptors (Lipinski definition) is 2. The molecule has 3 aliphatic rings. The van der Waals surface area contributed by atoms with Gasteiger partial charge in [-0.25, -0.2) is 0 Å². The highest BCUT2D eigenvalue weighted by Crippen LogP contribution is 2.58. The molecule has 0 aliphatic heterocycles. The Bertz CT molecular complexity index is 469. The van der Waals surface area contributed by atoms with Gasteiger partial charge in [0.05, 0.1) is 0 Å². The SMILES string of the molecule is CSc1ccc(CNC2CC3CC2C2CCCC32)cc1. The summed E-state index contributed by atoms with van der Waals surface area (Å²) in [6.45, 7) is 1.06. The number of rotatable bonds is 4. The maximum Gasteiger partial charge on any atom is 0.0208 e. The zero-order valence-corrected chi connectivity index (χ0v) is 13.2. The lowest BCUT2D eigenvalue weighted by Crippen LogP contribution is -2.38. The number of nitrogens with one attached hydrogen (secondary N) is 1. The van der Waals surface area contributed by atoms with Gasteiger partial charge in [0.25, 0.3) is 0 Å². The van der Waals surface area contributed by atoms with Crippen molar-refractivity contribution in [2.24, 2.45) is 23.7 Å². The van der Waals surface area contributed by atoms with Crippen LogP contribution in [0.1, 0.15) is 37.7 Å². The smallest absolute Gasteiger partial charge is 0.0208 e. The van der Waals surface area contributed by atoms with E-state index in [0.29, 0.717) is 0 Å². The van der Waals surface area contributed by atoms with Gasteiger partial charge in [0.2, 0.25) is 0 Å². The number of benzene rings is 1. The Labute approximate surface area is 126 Å². The Balaban J connectivity index is 1.36. The highest BCUT2D eigenvalue weighted by atomic mass is 32.2. The topological polar surface area (TPSA) is 12.0 Å². The van der Waals surface area contributed by atoms with Crippen LogP contribution in [0.2, 0.25) is 0 Å². The predicted molar refractivity (Wildman–Crippen MR) is 85.9 cm³/mol. The molecule has 5 unspecified atom stereocenters. The lowest BCUT2D eigenvalue weighted by atomic mass is 9.79. The molecular formula is C18H25NS. The Hall–Kier alpha value is -0.470. The summed E-state index contributed by atoms with van der Waals surface area (Å²) in [5, 5.41) is 3.87. The van der Waals surface area contributed by atoms with Crippen LogP contribution < -0.4 is 5.32 Å². The van der Waals surface area contributed by atoms with Crippen LogP contribution in [0, 0.1) is 23.7 Å². The molecule has 2 heteroatoms. The van der Waals surface area contributed by atoms with Crippen molar-refractivity contribution in [2.75, 3.05) is 6.26 Å². The molecule has 1 nitrogen and oxygen atoms in total. The minimum Gasteiger partial charge on any atom is -0.310 e. The molecule has 0 radical (unpaired) electrons. The second-order valence-corrected chi connectivity index (χ2v) is 7.87. The minimum atomic E-state index is 0.805. The van der Waals surface area contributed by atoms with E-state index in [1.807, 2.05) is 11.8 Å². The Morgan fingerprint density at radius 1 is 1.05 bits per heavy atom. The van der Waals surface area contributed by atoms with Gasteiger partial charge in [0.15, 0.2) is 0 Å². The summed E-state index contributed by atoms with van der Waals surface area (Å²) in [7, 11) is 0. The molecule has 20 heavy (non-hydrogen) atoms. The maximum absolute atomic E-state index is 3.87. The van der Waals surface area contributed by atoms with Crippen molar-refractivity contribution in [1.29, 1.82) is 0 Å². The van der Waals surface area contributed by atoms with E-state index in [0.717, 1.165) is 36.3 Å². The molecule has 0 saturated heterocycles. The molecule has 1 N–H and O–H groups in total. The summed E-state index contributed by atoms with van der Waals surface area (Å²) in [6.07, 6.45) is 9.68. The molecule has 1 aromatic carbocycles. The monoisotopic (exact) mass is 287 g/mol. The van der Waals surface area contributed by atoms with Crippen LogP contribution in [0.4, 0.5) is 0 Å². The van der Waals surface area contributed by atoms with Crippen LogP contribution in [0.25, 0.3) is 0 Å². The van der Waals surface area contributed by atoms with Crippen molar-refractivity contribution in [3.63, 3.8) is 0 Å². The molecule has 1 aromatic rings. The molecule has 3 fully saturated rings. The van der Waals surface area contributed by atoms with Crippen molar-refractivity contribution in [3.8, 4) is 0 Å². The maximum atomic E-state index is 3.87. The largest absolute Gasteiger partial charge is 0.310 e. The van der Waals surface area contributed by atoms with E-state index in [1.165, 1.54) is 42.6 Å². The molecule has 0 heterocycles. The van der Waals surface area contributed by atoms with Crippen molar-refractivity contribution in [3.05, 3.63) is 29.8 Å². The van der Waals surface area contributed by atoms with Gasteiger partial charge in [-0.15, -0.1) is 11.8 Å². The zero-order chi connectivity index (χ0) is 13.5. The zero-order valence-electron chi connectivity index (χ0n) is 12.3. The van der Waals surface area contributed by atoms with Gasteiger partial charge in [-0.2, -0.15) is 0 Å². The van der Waals surface area contributed by atoms with E-state index in [2.05, 4.69) is 35.8 Å². The third-order valence-electron chi connectivity index (χ3n) is 6.16. The van der Waals surface area contributed by atoms with Gasteiger partial charge in [-0.1, -0.05) is 18.6 Å². The van der Waals surface area contributed by atoms with Gasteiger partial charge in [0, 0.05) is 17.5 Å². The summed E-state index contributed by atoms with van der Waals surface area (Å²) < 4.78 is 0. The second kappa shape index (κ2) is 5.38. The molecule has 2 bridgehead atoms. The van der Waals surface area contributed by atoms with Gasteiger partial charge in [0.1, 0.15) is 0 Å². The summed E-state index contributed by atoms with van der Waals surface area (Å²) in [4.78, 5) is 1.36. The minimum absolute atomic E-state index is 0.805. The second-order valence-electron chi connectivity index (χ2n) is 6.99. The fourth-order valence-corrected chi connectivity index (χ4v) is 5.70. The van der Waals surface area contributed by atoms with Crippen LogP contribution in [-0.4, -0.2) is 12.3 Å². The van der Waals surface area contributed by atoms with Crippen LogP contribution >= 0.6 is 11.8 Å². The van der Waals surface area contributed by atoms with Gasteiger partial charge < -0.3 is 5.32 Å². The van der Waals surface area contributed by atoms with Gasteiger partial charge in [-0.3, -0.25) is 0 Å². The Morgan fingerprint density at radius 2 is 1.85 bits per heavy atom. The van der Waals surface area contributed by atoms with E-state index in [9.17, 15) is 0 Å². The average Bonchev–Trinajstić information content (AvgIpc) is 3.17. The molecular weight excluding hydrogens is 262 g/mol. The van der Waals surface area contributed by atoms with E-state index in [1.54, 1.807) is 0 Å². The van der Waals surface area contributed by atoms with Crippen LogP contribution in [0.3, 0.4) is 0 Å². The molecule has 108 valence electrons. The quantitative estimate of drug-likeness (QED) is 0.828. The van der Waals surface area contributed by atoms with Gasteiger partial charge in [-0.05, 0) is 73.3 Å². The van der Waals surface area contributed by atoms with Crippen LogP contribution in [0.5, 0.6) is 0 Å². The van der Waals surface area contributed by atoms with E-state index in [4.69, 9.17) is 0 Å². The first-order valence-electron chi connectivity index (χ1n) is 8.21. The summed E-state index contributed by atoms with van der Waals surface area (Å²) >= 11 is 1.82. The van der Waals surface area contributed by atoms with E-state index < -0.39 is 0 Å². The standard InChI is InChI=1S/C18H25NS/c1-20-14-7-5-12(6-8-14)11-19-18-10-13-9-17(18)16-4-2-3-15(13)16/h5-8,13,15-19H,2-4,9-11H2,1H3. The highest BCUT2D eigenvalue weighted by Gasteiger charge is 2.53. The first-order chi connectivity index (χ1) is 9.85. The lowest BCUT2D eigenvalue weighted by molar-refractivity contribution is 0.208. The Morgan fingerprint density at radius 3 is 2.65 bits per heavy atom. The van der Waals surface area contributed by atoms with Crippen molar-refractivity contribution < 1.29 is 0 Å². The molecule has 0 spiro atoms. The number of fused-ring (bicyclic) bond motifs is 5. The van der Waals surface area contributed by atoms with Crippen molar-refractivity contribution >= 4 is 11.8 Å². The molecule has 3 saturated carbocycles. The molecule has 0 aromatic heterocycles. The summed E-state index contributed by atoms with van der Waals surface area (Å²) in [5.41, 5.74) is 1.44. The lowest BCUT2D eigenvalue weighted by Gasteiger charge is -2.32. The number of thioether (sulfide) groups is 1. The number of hydrogen-bond donors (Lipinski definition) is 1. The highest BCUT2D eigenvalue weighted by molar-refractivity contribution is 7.98. The Kier molecular flexibility index (Phi) is 3.55. The van der Waals surface area contributed by atoms with Crippen LogP contribution in [-0.2, 0) is 6.54 Å². The fourth-order valence-electron chi connectivity index (χ4n) is 5.30. The first-order valence-corrected chi connectivity index (χ1v) is 9.44. The molecule has 5 atom stereocenters. The molecule has 3 aliphatic carbocycles. The van der Waals surface area contributed by atoms with Gasteiger partial charge >= 0.3 is 0 Å². The predicted octanol–water partition coefficient (Wildman–Crippen LogP) is 4.32. The molecule has 0 amide bonds. The third kappa shape index (κ3) is 2.21. The fraction of sp³-hybridized carbons (Fsp3) is 0.667. The normalized spacial score (nSPS) is 38.4. The van der Waals surface area contributed by atoms with Crippen molar-refractivity contribution in [2.45, 2.75) is 49.6 Å². The third-order valence-corrected chi connectivity index (χ3v) is 6.90. The molecule has 4 rings (SSSR count). The summed E-state index contributed by atoms with van der Waals surface area (Å²) in [5.74, 6) is 4.24. The van der Waals surface area contributed by atoms with Crippen LogP contribution in [0.15, 0.2) is 29.2 Å². The average molecular weight is 287 g/mol. The van der Waals surface area contributed by atoms with Crippen molar-refractivity contribution in [1.82, 2.24) is 5.32 Å². The summed E-state index contributed by atoms with van der Waals surface area (Å²) in [6, 6.07) is 9.86. The van der Waals surface area contributed by atoms with E-state index >= 15 is 0 Å². The first kappa shape index (κ1) is 13.2. The van der Waals surface area contributed by atoms with E-state index in [-0.39, 0.29) is 0 Å².